The summed E-state index contributed by atoms with van der Waals surface area (Å²) >= 11 is 1.25. The third-order valence-electron chi connectivity index (χ3n) is 4.38. The normalized spacial score (nSPS) is 16.9. The molecule has 3 rings (SSSR count). The number of hydrogen-bond donors (Lipinski definition) is 1. The Kier molecular flexibility index (Phi) is 5.01. The fourth-order valence-electron chi connectivity index (χ4n) is 2.71. The van der Waals surface area contributed by atoms with E-state index in [0.29, 0.717) is 9.88 Å². The Bertz CT molecular complexity index is 741. The molecule has 8 heteroatoms. The average molecular weight is 368 g/mol. The van der Waals surface area contributed by atoms with Crippen molar-refractivity contribution < 1.29 is 23.4 Å². The number of carbonyl (C=O) groups is 1. The van der Waals surface area contributed by atoms with Gasteiger partial charge < -0.3 is 14.7 Å². The second-order valence-electron chi connectivity index (χ2n) is 5.95. The maximum Gasteiger partial charge on any atom is 0.266 e. The number of rotatable bonds is 4. The molecular weight excluding hydrogens is 350 g/mol. The van der Waals surface area contributed by atoms with Gasteiger partial charge in [0.05, 0.1) is 13.3 Å². The average Bonchev–Trinajstić information content (AvgIpc) is 3.12. The molecule has 0 unspecified atom stereocenters. The lowest BCUT2D eigenvalue weighted by atomic mass is 9.92. The van der Waals surface area contributed by atoms with Gasteiger partial charge in [-0.15, -0.1) is 11.3 Å². The molecule has 2 aromatic rings. The van der Waals surface area contributed by atoms with Gasteiger partial charge in [-0.05, 0) is 37.1 Å². The lowest BCUT2D eigenvalue weighted by Gasteiger charge is -2.37. The minimum atomic E-state index is -2.80. The number of hydrogen-bond acceptors (Lipinski definition) is 5. The maximum absolute atomic E-state index is 12.8. The number of thiazole rings is 1. The van der Waals surface area contributed by atoms with Crippen LogP contribution in [0, 0.1) is 0 Å². The lowest BCUT2D eigenvalue weighted by Crippen LogP contribution is -2.50. The van der Waals surface area contributed by atoms with E-state index in [1.54, 1.807) is 7.11 Å². The van der Waals surface area contributed by atoms with E-state index in [0.717, 1.165) is 11.3 Å². The molecule has 0 radical (unpaired) electrons. The number of halogens is 2. The number of aliphatic hydroxyl groups is 1. The summed E-state index contributed by atoms with van der Waals surface area (Å²) in [7, 11) is 1.59. The summed E-state index contributed by atoms with van der Waals surface area (Å²) in [5.74, 6) is 0.491. The van der Waals surface area contributed by atoms with E-state index in [1.165, 1.54) is 22.4 Å². The highest BCUT2D eigenvalue weighted by Crippen LogP contribution is 2.31. The van der Waals surface area contributed by atoms with Crippen LogP contribution in [0.4, 0.5) is 8.78 Å². The van der Waals surface area contributed by atoms with Crippen LogP contribution in [0.3, 0.4) is 0 Å². The van der Waals surface area contributed by atoms with Crippen LogP contribution in [0.5, 0.6) is 5.75 Å². The Morgan fingerprint density at radius 2 is 1.96 bits per heavy atom. The summed E-state index contributed by atoms with van der Waals surface area (Å²) in [5.41, 5.74) is -1.12. The number of nitrogens with zero attached hydrogens (tertiary/aromatic N) is 2. The monoisotopic (exact) mass is 368 g/mol. The van der Waals surface area contributed by atoms with Crippen molar-refractivity contribution >= 4 is 17.2 Å². The van der Waals surface area contributed by atoms with Gasteiger partial charge in [0.15, 0.2) is 0 Å². The second-order valence-corrected chi connectivity index (χ2v) is 6.99. The van der Waals surface area contributed by atoms with Crippen molar-refractivity contribution in [2.24, 2.45) is 0 Å². The van der Waals surface area contributed by atoms with Gasteiger partial charge in [0.25, 0.3) is 12.3 Å². The molecule has 1 amide bonds. The topological polar surface area (TPSA) is 62.7 Å². The first kappa shape index (κ1) is 17.8. The van der Waals surface area contributed by atoms with Crippen molar-refractivity contribution in [3.05, 3.63) is 35.3 Å². The first-order valence-corrected chi connectivity index (χ1v) is 8.64. The Balaban J connectivity index is 1.69. The van der Waals surface area contributed by atoms with E-state index in [1.807, 2.05) is 24.3 Å². The number of carbonyl (C=O) groups excluding carboxylic acids is 1. The molecule has 1 aliphatic heterocycles. The largest absolute Gasteiger partial charge is 0.497 e. The molecule has 2 heterocycles. The summed E-state index contributed by atoms with van der Waals surface area (Å²) in [5, 5.41) is 10.5. The highest BCUT2D eigenvalue weighted by atomic mass is 32.1. The minimum absolute atomic E-state index is 0.107. The number of benzene rings is 1. The van der Waals surface area contributed by atoms with Crippen molar-refractivity contribution in [3.8, 4) is 16.3 Å². The van der Waals surface area contributed by atoms with E-state index in [-0.39, 0.29) is 31.8 Å². The van der Waals surface area contributed by atoms with Gasteiger partial charge in [-0.2, -0.15) is 0 Å². The molecule has 134 valence electrons. The van der Waals surface area contributed by atoms with E-state index >= 15 is 0 Å². The van der Waals surface area contributed by atoms with Crippen LogP contribution >= 0.6 is 11.3 Å². The van der Waals surface area contributed by atoms with E-state index < -0.39 is 12.0 Å². The number of piperidine rings is 1. The molecule has 0 bridgehead atoms. The van der Waals surface area contributed by atoms with Crippen LogP contribution in [0.15, 0.2) is 30.5 Å². The van der Waals surface area contributed by atoms with Gasteiger partial charge in [-0.1, -0.05) is 0 Å². The van der Waals surface area contributed by atoms with Gasteiger partial charge in [0.1, 0.15) is 21.2 Å². The highest BCUT2D eigenvalue weighted by molar-refractivity contribution is 7.16. The smallest absolute Gasteiger partial charge is 0.266 e. The van der Waals surface area contributed by atoms with Crippen LogP contribution < -0.4 is 4.74 Å². The Morgan fingerprint density at radius 1 is 1.32 bits per heavy atom. The molecule has 5 nitrogen and oxygen atoms in total. The van der Waals surface area contributed by atoms with Crippen LogP contribution in [-0.2, 0) is 0 Å². The predicted octanol–water partition coefficient (Wildman–Crippen LogP) is 3.05. The third-order valence-corrected chi connectivity index (χ3v) is 5.41. The summed E-state index contributed by atoms with van der Waals surface area (Å²) in [6.07, 6.45) is -1.54. The van der Waals surface area contributed by atoms with Crippen LogP contribution in [0.25, 0.3) is 10.6 Å². The van der Waals surface area contributed by atoms with Crippen LogP contribution in [0.2, 0.25) is 0 Å². The molecule has 1 N–H and O–H groups in total. The minimum Gasteiger partial charge on any atom is -0.497 e. The number of amides is 1. The Morgan fingerprint density at radius 3 is 2.52 bits per heavy atom. The van der Waals surface area contributed by atoms with Crippen LogP contribution in [0.1, 0.15) is 22.5 Å². The summed E-state index contributed by atoms with van der Waals surface area (Å²) < 4.78 is 30.8. The molecule has 1 aromatic carbocycles. The molecule has 0 spiro atoms. The predicted molar refractivity (Wildman–Crippen MR) is 90.2 cm³/mol. The van der Waals surface area contributed by atoms with E-state index in [4.69, 9.17) is 4.74 Å². The zero-order chi connectivity index (χ0) is 18.0. The van der Waals surface area contributed by atoms with Crippen LogP contribution in [-0.4, -0.2) is 53.1 Å². The van der Waals surface area contributed by atoms with Crippen molar-refractivity contribution in [1.82, 2.24) is 9.88 Å². The molecule has 25 heavy (non-hydrogen) atoms. The van der Waals surface area contributed by atoms with Gasteiger partial charge in [-0.25, -0.2) is 13.8 Å². The molecule has 0 aliphatic carbocycles. The lowest BCUT2D eigenvalue weighted by molar-refractivity contribution is -0.122. The fraction of sp³-hybridized carbons (Fsp3) is 0.412. The Hall–Kier alpha value is -2.06. The van der Waals surface area contributed by atoms with Gasteiger partial charge >= 0.3 is 0 Å². The molecule has 1 aromatic heterocycles. The second kappa shape index (κ2) is 7.05. The summed E-state index contributed by atoms with van der Waals surface area (Å²) in [4.78, 5) is 18.7. The number of alkyl halides is 2. The van der Waals surface area contributed by atoms with Gasteiger partial charge in [-0.3, -0.25) is 4.79 Å². The third kappa shape index (κ3) is 3.64. The molecule has 0 atom stereocenters. The quantitative estimate of drug-likeness (QED) is 0.901. The number of aromatic nitrogens is 1. The molecule has 1 fully saturated rings. The SMILES string of the molecule is COc1ccc(-c2ncc(C(=O)N3CCC(O)(C(F)F)CC3)s2)cc1. The molecule has 1 saturated heterocycles. The molecule has 0 saturated carbocycles. The molecule has 1 aliphatic rings. The number of ether oxygens (including phenoxy) is 1. The van der Waals surface area contributed by atoms with E-state index in [9.17, 15) is 18.7 Å². The first-order valence-electron chi connectivity index (χ1n) is 7.83. The van der Waals surface area contributed by atoms with Gasteiger partial charge in [0.2, 0.25) is 0 Å². The zero-order valence-electron chi connectivity index (χ0n) is 13.6. The maximum atomic E-state index is 12.8. The van der Waals surface area contributed by atoms with Crippen molar-refractivity contribution in [2.45, 2.75) is 24.9 Å². The number of methoxy groups -OCH3 is 1. The van der Waals surface area contributed by atoms with Crippen molar-refractivity contribution in [1.29, 1.82) is 0 Å². The van der Waals surface area contributed by atoms with E-state index in [2.05, 4.69) is 4.98 Å². The first-order chi connectivity index (χ1) is 11.9. The highest BCUT2D eigenvalue weighted by Gasteiger charge is 2.41. The fourth-order valence-corrected chi connectivity index (χ4v) is 3.60. The number of likely N-dealkylation sites (tertiary alicyclic amines) is 1. The Labute approximate surface area is 147 Å². The standard InChI is InChI=1S/C17H18F2N2O3S/c1-24-12-4-2-11(3-5-12)14-20-10-13(25-14)15(22)21-8-6-17(23,7-9-21)16(18)19/h2-5,10,16,23H,6-9H2,1H3. The summed E-state index contributed by atoms with van der Waals surface area (Å²) in [6.45, 7) is 0.213. The molecular formula is C17H18F2N2O3S. The van der Waals surface area contributed by atoms with Crippen molar-refractivity contribution in [3.63, 3.8) is 0 Å². The van der Waals surface area contributed by atoms with Gasteiger partial charge in [0, 0.05) is 18.7 Å². The summed E-state index contributed by atoms with van der Waals surface area (Å²) in [6, 6.07) is 7.34. The zero-order valence-corrected chi connectivity index (χ0v) is 14.4. The van der Waals surface area contributed by atoms with Crippen molar-refractivity contribution in [2.75, 3.05) is 20.2 Å².